The molecule has 0 saturated heterocycles. The summed E-state index contributed by atoms with van der Waals surface area (Å²) in [5.41, 5.74) is -1.22. The molecule has 0 aliphatic heterocycles. The van der Waals surface area contributed by atoms with Crippen LogP contribution in [0.25, 0.3) is 0 Å². The molecule has 5 nitrogen and oxygen atoms in total. The molecule has 0 aliphatic carbocycles. The maximum atomic E-state index is 10.9. The highest BCUT2D eigenvalue weighted by molar-refractivity contribution is 7.72. The zero-order valence-electron chi connectivity index (χ0n) is 5.45. The van der Waals surface area contributed by atoms with Crippen molar-refractivity contribution in [3.63, 3.8) is 0 Å². The minimum atomic E-state index is -4.12. The van der Waals surface area contributed by atoms with E-state index in [9.17, 15) is 9.36 Å². The fourth-order valence-corrected chi connectivity index (χ4v) is 1.28. The molecule has 0 unspecified atom stereocenters. The van der Waals surface area contributed by atoms with Crippen LogP contribution in [-0.4, -0.2) is 12.3 Å². The molecule has 8 heteroatoms. The minimum absolute atomic E-state index is 0.0311. The number of carbonyl (C=O) groups is 1. The monoisotopic (exact) mass is 222 g/mol. The summed E-state index contributed by atoms with van der Waals surface area (Å²) in [5.74, 6) is 0. The van der Waals surface area contributed by atoms with Crippen LogP contribution in [0.4, 0.5) is 4.79 Å². The Hall–Kier alpha value is 0.200. The molecule has 0 aromatic rings. The summed E-state index contributed by atoms with van der Waals surface area (Å²) < 4.78 is 22.5. The predicted molar refractivity (Wildman–Crippen MR) is 38.5 cm³/mol. The van der Waals surface area contributed by atoms with E-state index in [0.717, 1.165) is 0 Å². The standard InChI is InChI=1S/C3H5Cl2O5P/c1-2-8-3(6)11(7,9-4)10-5/h2H2,1H3. The number of rotatable bonds is 4. The van der Waals surface area contributed by atoms with Gasteiger partial charge in [0.05, 0.1) is 30.3 Å². The number of ether oxygens (including phenoxy) is 1. The summed E-state index contributed by atoms with van der Waals surface area (Å²) in [6.07, 6.45) is 0. The fraction of sp³-hybridized carbons (Fsp3) is 0.667. The third kappa shape index (κ3) is 2.97. The normalized spacial score (nSPS) is 11.2. The topological polar surface area (TPSA) is 61.8 Å². The van der Waals surface area contributed by atoms with Crippen molar-refractivity contribution in [1.82, 2.24) is 0 Å². The minimum Gasteiger partial charge on any atom is -0.457 e. The summed E-state index contributed by atoms with van der Waals surface area (Å²) in [6.45, 7) is 1.55. The molecule has 0 spiro atoms. The summed E-state index contributed by atoms with van der Waals surface area (Å²) in [5, 5.41) is 0. The Morgan fingerprint density at radius 3 is 2.18 bits per heavy atom. The van der Waals surface area contributed by atoms with Gasteiger partial charge in [-0.05, 0) is 6.92 Å². The van der Waals surface area contributed by atoms with Gasteiger partial charge in [-0.1, -0.05) is 0 Å². The molecule has 0 radical (unpaired) electrons. The first-order valence-corrected chi connectivity index (χ1v) is 4.64. The first-order chi connectivity index (χ1) is 5.10. The van der Waals surface area contributed by atoms with Gasteiger partial charge in [0.15, 0.2) is 0 Å². The van der Waals surface area contributed by atoms with Crippen molar-refractivity contribution in [3.05, 3.63) is 0 Å². The van der Waals surface area contributed by atoms with E-state index in [4.69, 9.17) is 0 Å². The van der Waals surface area contributed by atoms with E-state index in [1.165, 1.54) is 6.92 Å². The van der Waals surface area contributed by atoms with E-state index >= 15 is 0 Å². The summed E-state index contributed by atoms with van der Waals surface area (Å²) in [6, 6.07) is 0. The zero-order chi connectivity index (χ0) is 8.91. The first-order valence-electron chi connectivity index (χ1n) is 2.48. The molecule has 0 aliphatic rings. The van der Waals surface area contributed by atoms with Crippen LogP contribution < -0.4 is 0 Å². The second kappa shape index (κ2) is 4.95. The molecule has 0 fully saturated rings. The van der Waals surface area contributed by atoms with Crippen molar-refractivity contribution < 1.29 is 22.2 Å². The van der Waals surface area contributed by atoms with Gasteiger partial charge in [0.1, 0.15) is 0 Å². The Morgan fingerprint density at radius 2 is 1.91 bits per heavy atom. The Balaban J connectivity index is 4.26. The maximum absolute atomic E-state index is 10.9. The van der Waals surface area contributed by atoms with E-state index in [0.29, 0.717) is 0 Å². The summed E-state index contributed by atoms with van der Waals surface area (Å²) in [7, 11) is -4.12. The van der Waals surface area contributed by atoms with Gasteiger partial charge in [0.2, 0.25) is 0 Å². The lowest BCUT2D eigenvalue weighted by molar-refractivity contribution is 0.171. The summed E-state index contributed by atoms with van der Waals surface area (Å²) in [4.78, 5) is 10.6. The lowest BCUT2D eigenvalue weighted by atomic mass is 10.9. The van der Waals surface area contributed by atoms with Gasteiger partial charge in [0, 0.05) is 0 Å². The van der Waals surface area contributed by atoms with E-state index in [1.54, 1.807) is 0 Å². The third-order valence-corrected chi connectivity index (χ3v) is 2.70. The van der Waals surface area contributed by atoms with E-state index < -0.39 is 13.3 Å². The van der Waals surface area contributed by atoms with Crippen LogP contribution >= 0.6 is 31.3 Å². The molecule has 0 heterocycles. The zero-order valence-corrected chi connectivity index (χ0v) is 7.86. The molecule has 0 amide bonds. The van der Waals surface area contributed by atoms with Gasteiger partial charge in [0.25, 0.3) is 0 Å². The lowest BCUT2D eigenvalue weighted by Gasteiger charge is -2.06. The quantitative estimate of drug-likeness (QED) is 0.685. The molecule has 0 atom stereocenters. The third-order valence-electron chi connectivity index (χ3n) is 0.673. The van der Waals surface area contributed by atoms with Crippen LogP contribution in [0.2, 0.25) is 0 Å². The van der Waals surface area contributed by atoms with E-state index in [2.05, 4.69) is 36.6 Å². The van der Waals surface area contributed by atoms with E-state index in [-0.39, 0.29) is 6.61 Å². The second-order valence-corrected chi connectivity index (χ2v) is 3.80. The molecule has 0 N–H and O–H groups in total. The predicted octanol–water partition coefficient (Wildman–Crippen LogP) is 2.68. The molecule has 0 bridgehead atoms. The summed E-state index contributed by atoms with van der Waals surface area (Å²) >= 11 is 9.33. The Kier molecular flexibility index (Phi) is 5.04. The van der Waals surface area contributed by atoms with Crippen LogP contribution in [0, 0.1) is 0 Å². The number of hydrogen-bond acceptors (Lipinski definition) is 5. The number of carbonyl (C=O) groups excluding carboxylic acids is 1. The van der Waals surface area contributed by atoms with Crippen LogP contribution in [0.5, 0.6) is 0 Å². The Bertz CT molecular complexity index is 175. The van der Waals surface area contributed by atoms with Crippen molar-refractivity contribution in [2.75, 3.05) is 6.61 Å². The van der Waals surface area contributed by atoms with Crippen molar-refractivity contribution in [3.8, 4) is 0 Å². The average molecular weight is 223 g/mol. The highest BCUT2D eigenvalue weighted by Gasteiger charge is 2.37. The van der Waals surface area contributed by atoms with Crippen molar-refractivity contribution in [2.45, 2.75) is 6.92 Å². The van der Waals surface area contributed by atoms with Gasteiger partial charge in [-0.2, -0.15) is 8.15 Å². The lowest BCUT2D eigenvalue weighted by Crippen LogP contribution is -2.03. The SMILES string of the molecule is CCOC(=O)P(=O)(OCl)OCl. The van der Waals surface area contributed by atoms with Crippen molar-refractivity contribution in [1.29, 1.82) is 0 Å². The Morgan fingerprint density at radius 1 is 1.45 bits per heavy atom. The number of halogens is 2. The van der Waals surface area contributed by atoms with Crippen molar-refractivity contribution >= 4 is 37.0 Å². The molecule has 0 rings (SSSR count). The smallest absolute Gasteiger partial charge is 0.457 e. The van der Waals surface area contributed by atoms with Gasteiger partial charge in [-0.25, -0.2) is 9.36 Å². The number of hydrogen-bond donors (Lipinski definition) is 0. The average Bonchev–Trinajstić information content (AvgIpc) is 2.03. The maximum Gasteiger partial charge on any atom is 0.470 e. The van der Waals surface area contributed by atoms with Crippen LogP contribution in [0.1, 0.15) is 6.92 Å². The van der Waals surface area contributed by atoms with Crippen LogP contribution in [0.3, 0.4) is 0 Å². The van der Waals surface area contributed by atoms with Crippen LogP contribution in [-0.2, 0) is 17.5 Å². The van der Waals surface area contributed by atoms with Gasteiger partial charge in [-0.15, -0.1) is 0 Å². The second-order valence-electron chi connectivity index (χ2n) is 1.33. The molecule has 66 valence electrons. The van der Waals surface area contributed by atoms with Gasteiger partial charge < -0.3 is 4.74 Å². The van der Waals surface area contributed by atoms with Gasteiger partial charge in [-0.3, -0.25) is 0 Å². The van der Waals surface area contributed by atoms with Crippen LogP contribution in [0.15, 0.2) is 0 Å². The molecule has 0 saturated carbocycles. The van der Waals surface area contributed by atoms with Crippen molar-refractivity contribution in [2.24, 2.45) is 0 Å². The molecule has 0 aromatic carbocycles. The fourth-order valence-electron chi connectivity index (χ4n) is 0.270. The molecule has 0 aromatic heterocycles. The van der Waals surface area contributed by atoms with Gasteiger partial charge >= 0.3 is 13.3 Å². The Labute approximate surface area is 73.4 Å². The first kappa shape index (κ1) is 11.2. The van der Waals surface area contributed by atoms with E-state index in [1.807, 2.05) is 0 Å². The highest BCUT2D eigenvalue weighted by Crippen LogP contribution is 2.52. The molecule has 11 heavy (non-hydrogen) atoms. The highest BCUT2D eigenvalue weighted by atomic mass is 35.5. The largest absolute Gasteiger partial charge is 0.470 e. The molecular weight excluding hydrogens is 218 g/mol. The molecular formula is C3H5Cl2O5P.